The van der Waals surface area contributed by atoms with E-state index in [4.69, 9.17) is 9.15 Å². The summed E-state index contributed by atoms with van der Waals surface area (Å²) in [6, 6.07) is 2.99. The van der Waals surface area contributed by atoms with Crippen molar-refractivity contribution in [3.8, 4) is 0 Å². The molecule has 0 saturated heterocycles. The minimum Gasteiger partial charge on any atom is -0.457 e. The molecule has 0 saturated carbocycles. The molecule has 0 spiro atoms. The third kappa shape index (κ3) is 7.72. The Morgan fingerprint density at radius 1 is 1.18 bits per heavy atom. The Morgan fingerprint density at radius 3 is 2.68 bits per heavy atom. The Bertz CT molecular complexity index is 1260. The fourth-order valence-electron chi connectivity index (χ4n) is 4.08. The number of aliphatic hydroxyl groups excluding tert-OH is 1. The Morgan fingerprint density at radius 2 is 1.95 bits per heavy atom. The summed E-state index contributed by atoms with van der Waals surface area (Å²) in [5, 5.41) is 13.0. The van der Waals surface area contributed by atoms with E-state index < -0.39 is 24.1 Å². The van der Waals surface area contributed by atoms with E-state index in [1.54, 1.807) is 25.2 Å². The van der Waals surface area contributed by atoms with Crippen molar-refractivity contribution in [3.05, 3.63) is 77.8 Å². The van der Waals surface area contributed by atoms with Crippen LogP contribution in [0.1, 0.15) is 61.0 Å². The third-order valence-electron chi connectivity index (χ3n) is 5.93. The van der Waals surface area contributed by atoms with Gasteiger partial charge in [-0.05, 0) is 31.1 Å². The molecule has 1 aliphatic rings. The Hall–Kier alpha value is -4.05. The number of ketones is 1. The van der Waals surface area contributed by atoms with Crippen molar-refractivity contribution in [3.63, 3.8) is 0 Å². The molecule has 10 nitrogen and oxygen atoms in total. The van der Waals surface area contributed by atoms with Gasteiger partial charge in [0.2, 0.25) is 11.8 Å². The number of nitrogens with one attached hydrogen (secondary N) is 1. The summed E-state index contributed by atoms with van der Waals surface area (Å²) in [6.45, 7) is 7.66. The molecule has 3 heterocycles. The maximum Gasteiger partial charge on any atom is 0.355 e. The monoisotopic (exact) mass is 523 g/mol. The molecule has 0 aliphatic carbocycles. The van der Waals surface area contributed by atoms with Crippen LogP contribution in [0.4, 0.5) is 0 Å². The molecule has 0 fully saturated rings. The highest BCUT2D eigenvalue weighted by molar-refractivity contribution is 6.00. The number of nitrogens with zero attached hydrogens (tertiary/aromatic N) is 2. The molecule has 2 bridgehead atoms. The van der Waals surface area contributed by atoms with Crippen LogP contribution in [-0.4, -0.2) is 57.0 Å². The summed E-state index contributed by atoms with van der Waals surface area (Å²) >= 11 is 0. The van der Waals surface area contributed by atoms with E-state index in [-0.39, 0.29) is 60.2 Å². The number of cyclic esters (lactones) is 1. The van der Waals surface area contributed by atoms with Gasteiger partial charge in [-0.2, -0.15) is 0 Å². The molecular formula is C28H33N3O7. The fourth-order valence-corrected chi connectivity index (χ4v) is 4.08. The van der Waals surface area contributed by atoms with E-state index in [9.17, 15) is 24.3 Å². The summed E-state index contributed by atoms with van der Waals surface area (Å²) in [5.74, 6) is -2.31. The number of hydrogen-bond donors (Lipinski definition) is 2. The van der Waals surface area contributed by atoms with Crippen molar-refractivity contribution in [2.75, 3.05) is 6.54 Å². The normalized spacial score (nSPS) is 25.6. The predicted octanol–water partition coefficient (Wildman–Crippen LogP) is 3.03. The maximum atomic E-state index is 13.1. The van der Waals surface area contributed by atoms with Gasteiger partial charge in [-0.15, -0.1) is 0 Å². The molecule has 0 radical (unpaired) electrons. The molecule has 2 aromatic heterocycles. The quantitative estimate of drug-likeness (QED) is 0.544. The van der Waals surface area contributed by atoms with Crippen molar-refractivity contribution in [2.45, 2.75) is 52.7 Å². The number of esters is 1. The van der Waals surface area contributed by atoms with Gasteiger partial charge in [0.1, 0.15) is 23.8 Å². The highest BCUT2D eigenvalue weighted by atomic mass is 16.5. The molecule has 2 aromatic rings. The molecule has 202 valence electrons. The lowest BCUT2D eigenvalue weighted by Crippen LogP contribution is -2.31. The maximum absolute atomic E-state index is 13.1. The van der Waals surface area contributed by atoms with E-state index in [0.29, 0.717) is 0 Å². The largest absolute Gasteiger partial charge is 0.457 e. The van der Waals surface area contributed by atoms with Crippen molar-refractivity contribution in [2.24, 2.45) is 11.8 Å². The van der Waals surface area contributed by atoms with Crippen LogP contribution in [0.15, 0.2) is 65.0 Å². The number of carbonyl (C=O) groups excluding carboxylic acids is 4. The summed E-state index contributed by atoms with van der Waals surface area (Å²) in [6.07, 6.45) is 8.64. The van der Waals surface area contributed by atoms with Crippen LogP contribution in [0.3, 0.4) is 0 Å². The zero-order chi connectivity index (χ0) is 27.8. The van der Waals surface area contributed by atoms with Gasteiger partial charge in [-0.1, -0.05) is 50.6 Å². The Kier molecular flexibility index (Phi) is 9.72. The molecular weight excluding hydrogens is 490 g/mol. The van der Waals surface area contributed by atoms with Gasteiger partial charge in [-0.25, -0.2) is 9.78 Å². The molecule has 0 unspecified atom stereocenters. The summed E-state index contributed by atoms with van der Waals surface area (Å²) in [7, 11) is 0. The van der Waals surface area contributed by atoms with Gasteiger partial charge in [0, 0.05) is 25.1 Å². The molecule has 0 aromatic carbocycles. The zero-order valence-electron chi connectivity index (χ0n) is 21.9. The topological polar surface area (TPSA) is 141 Å². The second-order valence-corrected chi connectivity index (χ2v) is 9.57. The highest BCUT2D eigenvalue weighted by Gasteiger charge is 2.27. The standard InChI is InChI=1S/C28H33N3O7/c1-17(2)26-19(4)9-10-24(34)29-11-5-7-18(3)13-20(32)14-21(33)15-25-30-22(16-37-25)27(35)31-12-6-8-23(31)28(36)38-26/h5-10,12-13,16-17,19-20,26,32H,11,14-15H2,1-4H3,(H,29,34)/b7-5+,10-9+,18-13+/t19-,20-,26-/m1/s1. The molecule has 1 amide bonds. The van der Waals surface area contributed by atoms with Gasteiger partial charge in [0.25, 0.3) is 5.91 Å². The van der Waals surface area contributed by atoms with Gasteiger partial charge >= 0.3 is 5.97 Å². The van der Waals surface area contributed by atoms with Crippen LogP contribution in [0, 0.1) is 11.8 Å². The van der Waals surface area contributed by atoms with Crippen LogP contribution in [0.2, 0.25) is 0 Å². The third-order valence-corrected chi connectivity index (χ3v) is 5.93. The van der Waals surface area contributed by atoms with Crippen molar-refractivity contribution >= 4 is 23.6 Å². The van der Waals surface area contributed by atoms with E-state index in [1.165, 1.54) is 30.5 Å². The van der Waals surface area contributed by atoms with Gasteiger partial charge in [0.05, 0.1) is 12.5 Å². The number of oxazole rings is 1. The van der Waals surface area contributed by atoms with E-state index >= 15 is 0 Å². The SMILES string of the molecule is CC1=C\[C@@H](O)CC(=O)Cc2nc(co2)C(=O)n2cccc2C(=O)O[C@H](C(C)C)[C@H](C)/C=C/C(=O)NC\C=C\1. The van der Waals surface area contributed by atoms with E-state index in [0.717, 1.165) is 16.4 Å². The smallest absolute Gasteiger partial charge is 0.355 e. The fraction of sp³-hybridized carbons (Fsp3) is 0.393. The Labute approximate surface area is 221 Å². The lowest BCUT2D eigenvalue weighted by atomic mass is 9.94. The molecule has 3 atom stereocenters. The molecule has 2 N–H and O–H groups in total. The number of allylic oxidation sites excluding steroid dienone is 2. The first kappa shape index (κ1) is 28.5. The first-order valence-corrected chi connectivity index (χ1v) is 12.4. The van der Waals surface area contributed by atoms with Crippen molar-refractivity contribution in [1.82, 2.24) is 14.9 Å². The number of Topliss-reactive ketones (excluding diaryl/α,β-unsaturated/α-hetero) is 1. The van der Waals surface area contributed by atoms with Crippen molar-refractivity contribution in [1.29, 1.82) is 0 Å². The number of hydrogen-bond acceptors (Lipinski definition) is 8. The van der Waals surface area contributed by atoms with Crippen LogP contribution < -0.4 is 5.32 Å². The number of rotatable bonds is 1. The lowest BCUT2D eigenvalue weighted by Gasteiger charge is -2.25. The van der Waals surface area contributed by atoms with Crippen LogP contribution >= 0.6 is 0 Å². The number of carbonyl (C=O) groups is 4. The van der Waals surface area contributed by atoms with E-state index in [1.807, 2.05) is 20.8 Å². The number of fused-ring (bicyclic) bond motifs is 3. The second kappa shape index (κ2) is 13.0. The van der Waals surface area contributed by atoms with Gasteiger partial charge < -0.3 is 19.6 Å². The molecule has 1 aliphatic heterocycles. The van der Waals surface area contributed by atoms with Crippen molar-refractivity contribution < 1.29 is 33.4 Å². The van der Waals surface area contributed by atoms with Gasteiger partial charge in [0.15, 0.2) is 5.69 Å². The molecule has 3 rings (SSSR count). The zero-order valence-corrected chi connectivity index (χ0v) is 21.9. The predicted molar refractivity (Wildman–Crippen MR) is 138 cm³/mol. The molecule has 10 heteroatoms. The molecule has 38 heavy (non-hydrogen) atoms. The average Bonchev–Trinajstić information content (AvgIpc) is 3.52. The van der Waals surface area contributed by atoms with E-state index in [2.05, 4.69) is 10.3 Å². The summed E-state index contributed by atoms with van der Waals surface area (Å²) < 4.78 is 12.2. The van der Waals surface area contributed by atoms with Gasteiger partial charge in [-0.3, -0.25) is 19.0 Å². The first-order chi connectivity index (χ1) is 18.0. The average molecular weight is 524 g/mol. The lowest BCUT2D eigenvalue weighted by molar-refractivity contribution is -0.120. The van der Waals surface area contributed by atoms with Crippen LogP contribution in [0.5, 0.6) is 0 Å². The Balaban J connectivity index is 1.91. The highest BCUT2D eigenvalue weighted by Crippen LogP contribution is 2.21. The minimum atomic E-state index is -1.02. The first-order valence-electron chi connectivity index (χ1n) is 12.4. The second-order valence-electron chi connectivity index (χ2n) is 9.57. The number of aliphatic hydroxyl groups is 1. The number of amides is 1. The number of aromatic nitrogens is 2. The summed E-state index contributed by atoms with van der Waals surface area (Å²) in [5.41, 5.74) is 0.640. The minimum absolute atomic E-state index is 0.00524. The summed E-state index contributed by atoms with van der Waals surface area (Å²) in [4.78, 5) is 54.9. The van der Waals surface area contributed by atoms with Crippen LogP contribution in [0.25, 0.3) is 0 Å². The van der Waals surface area contributed by atoms with Crippen LogP contribution in [-0.2, 0) is 20.7 Å². The number of ether oxygens (including phenoxy) is 1.